The average molecular weight is 306 g/mol. The maximum Gasteiger partial charge on any atom is 0.273 e. The first kappa shape index (κ1) is 16.1. The van der Waals surface area contributed by atoms with Gasteiger partial charge in [-0.15, -0.1) is 5.10 Å². The molecule has 1 heterocycles. The molecule has 0 radical (unpaired) electrons. The Morgan fingerprint density at radius 3 is 3.00 bits per heavy atom. The summed E-state index contributed by atoms with van der Waals surface area (Å²) in [6, 6.07) is 6.09. The summed E-state index contributed by atoms with van der Waals surface area (Å²) in [7, 11) is 0. The Morgan fingerprint density at radius 2 is 2.32 bits per heavy atom. The van der Waals surface area contributed by atoms with Crippen molar-refractivity contribution in [2.75, 3.05) is 6.61 Å². The molecule has 2 aromatic rings. The number of benzene rings is 1. The van der Waals surface area contributed by atoms with Crippen molar-refractivity contribution >= 4 is 5.91 Å². The molecule has 0 aliphatic carbocycles. The zero-order valence-corrected chi connectivity index (χ0v) is 12.4. The highest BCUT2D eigenvalue weighted by atomic mass is 19.1. The summed E-state index contributed by atoms with van der Waals surface area (Å²) in [5, 5.41) is 19.4. The Hall–Kier alpha value is -2.28. The molecule has 0 fully saturated rings. The van der Waals surface area contributed by atoms with E-state index in [1.54, 1.807) is 12.1 Å². The molecule has 6 nitrogen and oxygen atoms in total. The molecule has 0 bridgehead atoms. The SMILES string of the molecule is CCC(CCO)NC(=O)c1cn(Cc2cccc(F)c2)nn1. The number of halogens is 1. The van der Waals surface area contributed by atoms with Crippen molar-refractivity contribution in [2.24, 2.45) is 0 Å². The second-order valence-electron chi connectivity index (χ2n) is 5.02. The Bertz CT molecular complexity index is 630. The minimum Gasteiger partial charge on any atom is -0.396 e. The van der Waals surface area contributed by atoms with Crippen LogP contribution in [0.1, 0.15) is 35.8 Å². The van der Waals surface area contributed by atoms with Crippen LogP contribution in [-0.4, -0.2) is 38.7 Å². The molecule has 0 spiro atoms. The van der Waals surface area contributed by atoms with Crippen molar-refractivity contribution in [1.82, 2.24) is 20.3 Å². The fourth-order valence-electron chi connectivity index (χ4n) is 2.10. The van der Waals surface area contributed by atoms with Gasteiger partial charge in [-0.3, -0.25) is 4.79 Å². The second kappa shape index (κ2) is 7.65. The highest BCUT2D eigenvalue weighted by Gasteiger charge is 2.15. The van der Waals surface area contributed by atoms with E-state index in [1.165, 1.54) is 23.0 Å². The highest BCUT2D eigenvalue weighted by molar-refractivity contribution is 5.92. The third-order valence-corrected chi connectivity index (χ3v) is 3.31. The number of carbonyl (C=O) groups is 1. The summed E-state index contributed by atoms with van der Waals surface area (Å²) >= 11 is 0. The fraction of sp³-hybridized carbons (Fsp3) is 0.400. The topological polar surface area (TPSA) is 80.0 Å². The van der Waals surface area contributed by atoms with Gasteiger partial charge in [0, 0.05) is 12.6 Å². The molecule has 2 rings (SSSR count). The first-order valence-electron chi connectivity index (χ1n) is 7.18. The first-order valence-corrected chi connectivity index (χ1v) is 7.18. The van der Waals surface area contributed by atoms with E-state index in [0.29, 0.717) is 13.0 Å². The normalized spacial score (nSPS) is 12.1. The van der Waals surface area contributed by atoms with Crippen molar-refractivity contribution in [3.8, 4) is 0 Å². The lowest BCUT2D eigenvalue weighted by Crippen LogP contribution is -2.35. The lowest BCUT2D eigenvalue weighted by molar-refractivity contribution is 0.0924. The molecule has 0 aliphatic rings. The Kier molecular flexibility index (Phi) is 5.60. The number of amides is 1. The third kappa shape index (κ3) is 4.36. The molecule has 1 atom stereocenters. The van der Waals surface area contributed by atoms with Crippen molar-refractivity contribution in [3.63, 3.8) is 0 Å². The fourth-order valence-corrected chi connectivity index (χ4v) is 2.10. The zero-order valence-electron chi connectivity index (χ0n) is 12.4. The molecule has 0 saturated heterocycles. The molecule has 0 saturated carbocycles. The van der Waals surface area contributed by atoms with E-state index in [2.05, 4.69) is 15.6 Å². The quantitative estimate of drug-likeness (QED) is 0.809. The van der Waals surface area contributed by atoms with Gasteiger partial charge in [0.15, 0.2) is 5.69 Å². The molecule has 0 aliphatic heterocycles. The number of hydrogen-bond donors (Lipinski definition) is 2. The maximum atomic E-state index is 13.1. The van der Waals surface area contributed by atoms with Crippen LogP contribution in [0.2, 0.25) is 0 Å². The van der Waals surface area contributed by atoms with Crippen molar-refractivity contribution < 1.29 is 14.3 Å². The molecular formula is C15H19FN4O2. The molecule has 1 amide bonds. The summed E-state index contributed by atoms with van der Waals surface area (Å²) in [6.07, 6.45) is 2.75. The van der Waals surface area contributed by atoms with E-state index < -0.39 is 0 Å². The predicted molar refractivity (Wildman–Crippen MR) is 78.8 cm³/mol. The van der Waals surface area contributed by atoms with Gasteiger partial charge >= 0.3 is 0 Å². The average Bonchev–Trinajstić information content (AvgIpc) is 2.95. The van der Waals surface area contributed by atoms with Gasteiger partial charge in [-0.25, -0.2) is 9.07 Å². The van der Waals surface area contributed by atoms with E-state index in [1.807, 2.05) is 6.92 Å². The number of carbonyl (C=O) groups excluding carboxylic acids is 1. The molecule has 1 unspecified atom stereocenters. The molecular weight excluding hydrogens is 287 g/mol. The molecule has 2 N–H and O–H groups in total. The summed E-state index contributed by atoms with van der Waals surface area (Å²) < 4.78 is 14.6. The molecule has 1 aromatic carbocycles. The van der Waals surface area contributed by atoms with Crippen LogP contribution < -0.4 is 5.32 Å². The second-order valence-corrected chi connectivity index (χ2v) is 5.02. The van der Waals surface area contributed by atoms with E-state index in [4.69, 9.17) is 5.11 Å². The van der Waals surface area contributed by atoms with Gasteiger partial charge in [-0.2, -0.15) is 0 Å². The number of nitrogens with one attached hydrogen (secondary N) is 1. The van der Waals surface area contributed by atoms with Crippen LogP contribution in [0.4, 0.5) is 4.39 Å². The third-order valence-electron chi connectivity index (χ3n) is 3.31. The number of rotatable bonds is 7. The summed E-state index contributed by atoms with van der Waals surface area (Å²) in [5.41, 5.74) is 0.941. The Morgan fingerprint density at radius 1 is 1.50 bits per heavy atom. The lowest BCUT2D eigenvalue weighted by atomic mass is 10.1. The predicted octanol–water partition coefficient (Wildman–Crippen LogP) is 1.36. The van der Waals surface area contributed by atoms with Crippen molar-refractivity contribution in [1.29, 1.82) is 0 Å². The van der Waals surface area contributed by atoms with Gasteiger partial charge in [0.2, 0.25) is 0 Å². The van der Waals surface area contributed by atoms with Crippen LogP contribution in [0.5, 0.6) is 0 Å². The largest absolute Gasteiger partial charge is 0.396 e. The number of aliphatic hydroxyl groups excluding tert-OH is 1. The van der Waals surface area contributed by atoms with E-state index in [-0.39, 0.29) is 30.1 Å². The Labute approximate surface area is 128 Å². The van der Waals surface area contributed by atoms with Gasteiger partial charge in [-0.05, 0) is 30.5 Å². The van der Waals surface area contributed by atoms with E-state index >= 15 is 0 Å². The van der Waals surface area contributed by atoms with Crippen LogP contribution in [0, 0.1) is 5.82 Å². The molecule has 118 valence electrons. The smallest absolute Gasteiger partial charge is 0.273 e. The minimum atomic E-state index is -0.328. The minimum absolute atomic E-state index is 0.0189. The number of aliphatic hydroxyl groups is 1. The van der Waals surface area contributed by atoms with Crippen LogP contribution in [0.25, 0.3) is 0 Å². The van der Waals surface area contributed by atoms with Gasteiger partial charge in [0.05, 0.1) is 12.7 Å². The number of aromatic nitrogens is 3. The molecule has 7 heteroatoms. The van der Waals surface area contributed by atoms with E-state index in [9.17, 15) is 9.18 Å². The van der Waals surface area contributed by atoms with Crippen LogP contribution in [0.3, 0.4) is 0 Å². The van der Waals surface area contributed by atoms with Gasteiger partial charge in [0.1, 0.15) is 5.82 Å². The van der Waals surface area contributed by atoms with Gasteiger partial charge in [-0.1, -0.05) is 24.3 Å². The number of hydrogen-bond acceptors (Lipinski definition) is 4. The maximum absolute atomic E-state index is 13.1. The van der Waals surface area contributed by atoms with E-state index in [0.717, 1.165) is 12.0 Å². The Balaban J connectivity index is 2.00. The standard InChI is InChI=1S/C15H19FN4O2/c1-2-13(6-7-21)17-15(22)14-10-20(19-18-14)9-11-4-3-5-12(16)8-11/h3-5,8,10,13,21H,2,6-7,9H2,1H3,(H,17,22). The monoisotopic (exact) mass is 306 g/mol. The van der Waals surface area contributed by atoms with Crippen molar-refractivity contribution in [2.45, 2.75) is 32.4 Å². The van der Waals surface area contributed by atoms with Crippen LogP contribution >= 0.6 is 0 Å². The summed E-state index contributed by atoms with van der Waals surface area (Å²) in [6.45, 7) is 2.29. The van der Waals surface area contributed by atoms with Crippen LogP contribution in [-0.2, 0) is 6.54 Å². The number of nitrogens with zero attached hydrogens (tertiary/aromatic N) is 3. The van der Waals surface area contributed by atoms with Gasteiger partial charge < -0.3 is 10.4 Å². The summed E-state index contributed by atoms with van der Waals surface area (Å²) in [5.74, 6) is -0.642. The molecule has 22 heavy (non-hydrogen) atoms. The summed E-state index contributed by atoms with van der Waals surface area (Å²) in [4.78, 5) is 12.0. The van der Waals surface area contributed by atoms with Gasteiger partial charge in [0.25, 0.3) is 5.91 Å². The van der Waals surface area contributed by atoms with Crippen LogP contribution in [0.15, 0.2) is 30.5 Å². The lowest BCUT2D eigenvalue weighted by Gasteiger charge is -2.14. The van der Waals surface area contributed by atoms with Crippen molar-refractivity contribution in [3.05, 3.63) is 47.5 Å². The molecule has 1 aromatic heterocycles. The highest BCUT2D eigenvalue weighted by Crippen LogP contribution is 2.06. The first-order chi connectivity index (χ1) is 10.6. The zero-order chi connectivity index (χ0) is 15.9.